The van der Waals surface area contributed by atoms with Gasteiger partial charge < -0.3 is 11.1 Å². The fraction of sp³-hybridized carbons (Fsp3) is 0.188. The summed E-state index contributed by atoms with van der Waals surface area (Å²) in [4.78, 5) is 12.0. The Morgan fingerprint density at radius 2 is 1.85 bits per heavy atom. The van der Waals surface area contributed by atoms with Gasteiger partial charge in [0.2, 0.25) is 5.91 Å². The Hall–Kier alpha value is -2.00. The van der Waals surface area contributed by atoms with Gasteiger partial charge in [-0.1, -0.05) is 41.4 Å². The van der Waals surface area contributed by atoms with Crippen LogP contribution in [0.5, 0.6) is 0 Å². The fourth-order valence-electron chi connectivity index (χ4n) is 1.92. The standard InChI is InChI=1S/C16H17ClN2O/c1-10-3-5-12(6-4-10)8-16(20)19-15-9-13(17)14(18)7-11(15)2/h3-7,9H,8,18H2,1-2H3,(H,19,20). The minimum Gasteiger partial charge on any atom is -0.398 e. The van der Waals surface area contributed by atoms with Crippen LogP contribution in [0.1, 0.15) is 16.7 Å². The summed E-state index contributed by atoms with van der Waals surface area (Å²) in [6.45, 7) is 3.90. The number of hydrogen-bond acceptors (Lipinski definition) is 2. The molecule has 2 aromatic rings. The zero-order valence-corrected chi connectivity index (χ0v) is 12.3. The smallest absolute Gasteiger partial charge is 0.228 e. The third-order valence-corrected chi connectivity index (χ3v) is 3.43. The van der Waals surface area contributed by atoms with Crippen LogP contribution in [0, 0.1) is 13.8 Å². The summed E-state index contributed by atoms with van der Waals surface area (Å²) in [5.74, 6) is -0.0715. The molecule has 20 heavy (non-hydrogen) atoms. The van der Waals surface area contributed by atoms with E-state index < -0.39 is 0 Å². The second-order valence-corrected chi connectivity index (χ2v) is 5.31. The summed E-state index contributed by atoms with van der Waals surface area (Å²) in [6, 6.07) is 11.3. The second-order valence-electron chi connectivity index (χ2n) is 4.90. The molecule has 2 aromatic carbocycles. The van der Waals surface area contributed by atoms with Crippen LogP contribution in [-0.4, -0.2) is 5.91 Å². The Balaban J connectivity index is 2.08. The van der Waals surface area contributed by atoms with Crippen molar-refractivity contribution in [1.82, 2.24) is 0 Å². The van der Waals surface area contributed by atoms with Gasteiger partial charge in [-0.05, 0) is 37.1 Å². The highest BCUT2D eigenvalue weighted by Gasteiger charge is 2.08. The quantitative estimate of drug-likeness (QED) is 0.846. The number of carbonyl (C=O) groups excluding carboxylic acids is 1. The van der Waals surface area contributed by atoms with Crippen molar-refractivity contribution in [2.45, 2.75) is 20.3 Å². The van der Waals surface area contributed by atoms with Crippen LogP contribution in [0.3, 0.4) is 0 Å². The Labute approximate surface area is 123 Å². The van der Waals surface area contributed by atoms with E-state index in [-0.39, 0.29) is 5.91 Å². The van der Waals surface area contributed by atoms with E-state index in [0.717, 1.165) is 11.1 Å². The third kappa shape index (κ3) is 3.52. The molecule has 0 spiro atoms. The predicted molar refractivity (Wildman–Crippen MR) is 84.1 cm³/mol. The highest BCUT2D eigenvalue weighted by Crippen LogP contribution is 2.26. The highest BCUT2D eigenvalue weighted by molar-refractivity contribution is 6.33. The van der Waals surface area contributed by atoms with Gasteiger partial charge >= 0.3 is 0 Å². The molecule has 0 saturated carbocycles. The maximum Gasteiger partial charge on any atom is 0.228 e. The summed E-state index contributed by atoms with van der Waals surface area (Å²) in [6.07, 6.45) is 0.335. The number of aryl methyl sites for hydroxylation is 2. The van der Waals surface area contributed by atoms with E-state index in [4.69, 9.17) is 17.3 Å². The normalized spacial score (nSPS) is 10.3. The molecule has 0 aliphatic rings. The summed E-state index contributed by atoms with van der Waals surface area (Å²) < 4.78 is 0. The Morgan fingerprint density at radius 1 is 1.20 bits per heavy atom. The molecule has 3 nitrogen and oxygen atoms in total. The van der Waals surface area contributed by atoms with Crippen LogP contribution < -0.4 is 11.1 Å². The lowest BCUT2D eigenvalue weighted by Gasteiger charge is -2.10. The molecular formula is C16H17ClN2O. The van der Waals surface area contributed by atoms with Crippen molar-refractivity contribution in [2.75, 3.05) is 11.1 Å². The van der Waals surface area contributed by atoms with Gasteiger partial charge in [0.05, 0.1) is 17.1 Å². The number of carbonyl (C=O) groups is 1. The first-order valence-electron chi connectivity index (χ1n) is 6.36. The average molecular weight is 289 g/mol. The van der Waals surface area contributed by atoms with Crippen molar-refractivity contribution in [2.24, 2.45) is 0 Å². The molecule has 4 heteroatoms. The van der Waals surface area contributed by atoms with Crippen LogP contribution in [0.2, 0.25) is 5.02 Å². The first-order valence-corrected chi connectivity index (χ1v) is 6.74. The molecule has 0 aromatic heterocycles. The summed E-state index contributed by atoms with van der Waals surface area (Å²) in [5, 5.41) is 3.31. The van der Waals surface area contributed by atoms with Gasteiger partial charge in [0.15, 0.2) is 0 Å². The number of nitrogens with one attached hydrogen (secondary N) is 1. The van der Waals surface area contributed by atoms with Crippen molar-refractivity contribution < 1.29 is 4.79 Å². The fourth-order valence-corrected chi connectivity index (χ4v) is 2.09. The van der Waals surface area contributed by atoms with E-state index in [0.29, 0.717) is 22.8 Å². The number of nitrogen functional groups attached to an aromatic ring is 1. The molecule has 1 amide bonds. The van der Waals surface area contributed by atoms with Crippen molar-refractivity contribution in [3.63, 3.8) is 0 Å². The maximum absolute atomic E-state index is 12.0. The van der Waals surface area contributed by atoms with Gasteiger partial charge in [-0.2, -0.15) is 0 Å². The Kier molecular flexibility index (Phi) is 4.30. The molecule has 0 fully saturated rings. The van der Waals surface area contributed by atoms with Gasteiger partial charge in [0.25, 0.3) is 0 Å². The van der Waals surface area contributed by atoms with Crippen molar-refractivity contribution in [3.8, 4) is 0 Å². The topological polar surface area (TPSA) is 55.1 Å². The monoisotopic (exact) mass is 288 g/mol. The zero-order valence-electron chi connectivity index (χ0n) is 11.5. The number of benzene rings is 2. The predicted octanol–water partition coefficient (Wildman–Crippen LogP) is 3.72. The largest absolute Gasteiger partial charge is 0.398 e. The van der Waals surface area contributed by atoms with Gasteiger partial charge in [0, 0.05) is 5.69 Å². The number of amides is 1. The summed E-state index contributed by atoms with van der Waals surface area (Å²) >= 11 is 5.97. The molecule has 0 unspecified atom stereocenters. The minimum absolute atomic E-state index is 0.0715. The van der Waals surface area contributed by atoms with Crippen molar-refractivity contribution in [3.05, 3.63) is 58.1 Å². The van der Waals surface area contributed by atoms with Gasteiger partial charge in [-0.15, -0.1) is 0 Å². The molecule has 0 aliphatic heterocycles. The number of halogens is 1. The van der Waals surface area contributed by atoms with E-state index in [1.165, 1.54) is 5.56 Å². The van der Waals surface area contributed by atoms with Crippen molar-refractivity contribution in [1.29, 1.82) is 0 Å². The van der Waals surface area contributed by atoms with E-state index in [1.807, 2.05) is 38.1 Å². The maximum atomic E-state index is 12.0. The molecule has 104 valence electrons. The molecular weight excluding hydrogens is 272 g/mol. The second kappa shape index (κ2) is 5.97. The van der Waals surface area contributed by atoms with Gasteiger partial charge in [-0.25, -0.2) is 0 Å². The lowest BCUT2D eigenvalue weighted by atomic mass is 10.1. The molecule has 0 heterocycles. The first-order chi connectivity index (χ1) is 9.45. The minimum atomic E-state index is -0.0715. The highest BCUT2D eigenvalue weighted by atomic mass is 35.5. The molecule has 0 aliphatic carbocycles. The number of rotatable bonds is 3. The van der Waals surface area contributed by atoms with Crippen LogP contribution >= 0.6 is 11.6 Å². The number of anilines is 2. The SMILES string of the molecule is Cc1ccc(CC(=O)Nc2cc(Cl)c(N)cc2C)cc1. The zero-order chi connectivity index (χ0) is 14.7. The molecule has 0 bridgehead atoms. The van der Waals surface area contributed by atoms with E-state index in [9.17, 15) is 4.79 Å². The number of nitrogens with two attached hydrogens (primary N) is 1. The first kappa shape index (κ1) is 14.4. The summed E-state index contributed by atoms with van der Waals surface area (Å²) in [5.41, 5.74) is 9.97. The van der Waals surface area contributed by atoms with Crippen LogP contribution in [0.25, 0.3) is 0 Å². The summed E-state index contributed by atoms with van der Waals surface area (Å²) in [7, 11) is 0. The molecule has 2 rings (SSSR count). The van der Waals surface area contributed by atoms with Gasteiger partial charge in [-0.3, -0.25) is 4.79 Å². The van der Waals surface area contributed by atoms with E-state index in [2.05, 4.69) is 5.32 Å². The number of hydrogen-bond donors (Lipinski definition) is 2. The molecule has 0 saturated heterocycles. The molecule has 0 radical (unpaired) electrons. The van der Waals surface area contributed by atoms with Crippen molar-refractivity contribution >= 4 is 28.9 Å². The van der Waals surface area contributed by atoms with Gasteiger partial charge in [0.1, 0.15) is 0 Å². The van der Waals surface area contributed by atoms with Crippen LogP contribution in [0.4, 0.5) is 11.4 Å². The lowest BCUT2D eigenvalue weighted by molar-refractivity contribution is -0.115. The molecule has 0 atom stereocenters. The third-order valence-electron chi connectivity index (χ3n) is 3.10. The molecule has 3 N–H and O–H groups in total. The van der Waals surface area contributed by atoms with E-state index in [1.54, 1.807) is 12.1 Å². The average Bonchev–Trinajstić information content (AvgIpc) is 2.39. The van der Waals surface area contributed by atoms with Crippen LogP contribution in [-0.2, 0) is 11.2 Å². The Morgan fingerprint density at radius 3 is 2.50 bits per heavy atom. The Bertz CT molecular complexity index is 636. The van der Waals surface area contributed by atoms with Crippen LogP contribution in [0.15, 0.2) is 36.4 Å². The lowest BCUT2D eigenvalue weighted by Crippen LogP contribution is -2.15. The van der Waals surface area contributed by atoms with E-state index >= 15 is 0 Å².